The number of nitrogens with zero attached hydrogens (tertiary/aromatic N) is 3. The minimum Gasteiger partial charge on any atom is -0.476 e. The summed E-state index contributed by atoms with van der Waals surface area (Å²) in [6, 6.07) is 7.15. The maximum atomic E-state index is 13.8. The Labute approximate surface area is 178 Å². The first-order chi connectivity index (χ1) is 14.6. The average Bonchev–Trinajstić information content (AvgIpc) is 2.66. The van der Waals surface area contributed by atoms with Crippen molar-refractivity contribution in [2.24, 2.45) is 10.1 Å². The Kier molecular flexibility index (Phi) is 6.37. The van der Waals surface area contributed by atoms with E-state index in [0.717, 1.165) is 11.6 Å². The number of hydrogen-bond acceptors (Lipinski definition) is 8. The second-order valence-corrected chi connectivity index (χ2v) is 9.65. The van der Waals surface area contributed by atoms with Gasteiger partial charge in [0.2, 0.25) is 0 Å². The number of hydrogen-bond donors (Lipinski definition) is 3. The number of halogens is 1. The van der Waals surface area contributed by atoms with E-state index in [1.165, 1.54) is 18.5 Å². The number of aliphatic hydroxyl groups excluding tert-OH is 1. The third kappa shape index (κ3) is 5.44. The number of amides is 1. The molecule has 2 aromatic carbocycles. The van der Waals surface area contributed by atoms with Crippen LogP contribution in [0.2, 0.25) is 0 Å². The van der Waals surface area contributed by atoms with Crippen LogP contribution < -0.4 is 15.8 Å². The van der Waals surface area contributed by atoms with Crippen molar-refractivity contribution < 1.29 is 23.2 Å². The first-order valence-electron chi connectivity index (χ1n) is 9.13. The van der Waals surface area contributed by atoms with Crippen molar-refractivity contribution in [3.05, 3.63) is 48.0 Å². The zero-order valence-electron chi connectivity index (χ0n) is 17.1. The standard InChI is InChI=1S/C20H22FN5O4S/c1-11-6-13(26-31(2,3)29)8-15-18(11)20(24-10-23-15)25-14-5-4-12(21)7-16(14)30-17(9-27)19(22)28/h4-8,10,17,27H,9H2,1-3H3,(H2,22,28)(H,23,24,25)/t17-/m1/s1. The third-order valence-corrected chi connectivity index (χ3v) is 4.84. The maximum Gasteiger partial charge on any atom is 0.260 e. The Morgan fingerprint density at radius 3 is 2.71 bits per heavy atom. The lowest BCUT2D eigenvalue weighted by molar-refractivity contribution is -0.126. The van der Waals surface area contributed by atoms with Crippen molar-refractivity contribution in [1.29, 1.82) is 0 Å². The Hall–Kier alpha value is -3.31. The maximum absolute atomic E-state index is 13.8. The molecule has 11 heteroatoms. The van der Waals surface area contributed by atoms with Crippen molar-refractivity contribution in [1.82, 2.24) is 9.97 Å². The van der Waals surface area contributed by atoms with Crippen molar-refractivity contribution >= 4 is 43.7 Å². The van der Waals surface area contributed by atoms with E-state index in [1.807, 2.05) is 6.92 Å². The highest BCUT2D eigenvalue weighted by atomic mass is 32.2. The lowest BCUT2D eigenvalue weighted by Gasteiger charge is -2.18. The number of aliphatic hydroxyl groups is 1. The van der Waals surface area contributed by atoms with Gasteiger partial charge in [0.05, 0.1) is 23.5 Å². The van der Waals surface area contributed by atoms with E-state index in [-0.39, 0.29) is 5.75 Å². The van der Waals surface area contributed by atoms with E-state index in [2.05, 4.69) is 19.6 Å². The molecule has 3 aromatic rings. The third-order valence-electron chi connectivity index (χ3n) is 4.19. The van der Waals surface area contributed by atoms with Gasteiger partial charge in [0.25, 0.3) is 5.91 Å². The van der Waals surface area contributed by atoms with E-state index in [9.17, 15) is 18.5 Å². The van der Waals surface area contributed by atoms with E-state index < -0.39 is 34.2 Å². The topological polar surface area (TPSA) is 140 Å². The van der Waals surface area contributed by atoms with Gasteiger partial charge in [-0.25, -0.2) is 18.6 Å². The van der Waals surface area contributed by atoms with Crippen molar-refractivity contribution in [2.45, 2.75) is 13.0 Å². The molecule has 164 valence electrons. The number of fused-ring (bicyclic) bond motifs is 1. The molecule has 0 fully saturated rings. The second-order valence-electron chi connectivity index (χ2n) is 7.11. The van der Waals surface area contributed by atoms with Crippen LogP contribution in [0.4, 0.5) is 21.6 Å². The lowest BCUT2D eigenvalue weighted by atomic mass is 10.1. The molecule has 1 heterocycles. The van der Waals surface area contributed by atoms with Crippen LogP contribution in [0.1, 0.15) is 5.56 Å². The lowest BCUT2D eigenvalue weighted by Crippen LogP contribution is -2.36. The molecule has 1 atom stereocenters. The van der Waals surface area contributed by atoms with Gasteiger partial charge < -0.3 is 20.9 Å². The van der Waals surface area contributed by atoms with Gasteiger partial charge in [-0.1, -0.05) is 0 Å². The van der Waals surface area contributed by atoms with E-state index in [4.69, 9.17) is 10.5 Å². The Balaban J connectivity index is 2.06. The van der Waals surface area contributed by atoms with Gasteiger partial charge in [-0.2, -0.15) is 4.36 Å². The summed E-state index contributed by atoms with van der Waals surface area (Å²) in [6.07, 6.45) is 3.09. The molecule has 0 aliphatic heterocycles. The van der Waals surface area contributed by atoms with E-state index in [0.29, 0.717) is 28.1 Å². The van der Waals surface area contributed by atoms with Crippen LogP contribution in [0.5, 0.6) is 5.75 Å². The molecule has 0 aliphatic rings. The molecule has 0 radical (unpaired) electrons. The van der Waals surface area contributed by atoms with Gasteiger partial charge in [0.15, 0.2) is 6.10 Å². The molecule has 3 rings (SSSR count). The molecule has 0 saturated carbocycles. The summed E-state index contributed by atoms with van der Waals surface area (Å²) in [4.78, 5) is 19.9. The molecule has 1 aromatic heterocycles. The summed E-state index contributed by atoms with van der Waals surface area (Å²) in [5.41, 5.74) is 7.38. The molecule has 0 spiro atoms. The van der Waals surface area contributed by atoms with Crippen LogP contribution in [0.15, 0.2) is 41.0 Å². The number of carbonyl (C=O) groups is 1. The Morgan fingerprint density at radius 2 is 2.06 bits per heavy atom. The Morgan fingerprint density at radius 1 is 1.32 bits per heavy atom. The monoisotopic (exact) mass is 447 g/mol. The number of aromatic nitrogens is 2. The van der Waals surface area contributed by atoms with Gasteiger partial charge in [0, 0.05) is 33.7 Å². The Bertz CT molecular complexity index is 1270. The molecule has 9 nitrogen and oxygen atoms in total. The summed E-state index contributed by atoms with van der Waals surface area (Å²) >= 11 is 0. The highest BCUT2D eigenvalue weighted by Gasteiger charge is 2.19. The van der Waals surface area contributed by atoms with Gasteiger partial charge in [-0.05, 0) is 36.8 Å². The molecule has 0 aliphatic carbocycles. The molecule has 31 heavy (non-hydrogen) atoms. The van der Waals surface area contributed by atoms with E-state index >= 15 is 0 Å². The van der Waals surface area contributed by atoms with Crippen LogP contribution in [-0.4, -0.2) is 50.4 Å². The number of primary amides is 1. The quantitative estimate of drug-likeness (QED) is 0.505. The van der Waals surface area contributed by atoms with Crippen molar-refractivity contribution in [3.63, 3.8) is 0 Å². The number of ether oxygens (including phenoxy) is 1. The largest absolute Gasteiger partial charge is 0.476 e. The summed E-state index contributed by atoms with van der Waals surface area (Å²) in [7, 11) is -2.35. The number of nitrogens with one attached hydrogen (secondary N) is 1. The number of benzene rings is 2. The number of anilines is 2. The predicted molar refractivity (Wildman–Crippen MR) is 117 cm³/mol. The molecule has 0 saturated heterocycles. The fraction of sp³-hybridized carbons (Fsp3) is 0.250. The number of nitrogens with two attached hydrogens (primary N) is 1. The summed E-state index contributed by atoms with van der Waals surface area (Å²) in [5, 5.41) is 13.0. The molecule has 1 amide bonds. The predicted octanol–water partition coefficient (Wildman–Crippen LogP) is 2.41. The first-order valence-corrected chi connectivity index (χ1v) is 11.5. The highest BCUT2D eigenvalue weighted by molar-refractivity contribution is 7.92. The second kappa shape index (κ2) is 8.82. The van der Waals surface area contributed by atoms with Gasteiger partial charge in [0.1, 0.15) is 23.7 Å². The molecule has 4 N–H and O–H groups in total. The van der Waals surface area contributed by atoms with Gasteiger partial charge in [-0.3, -0.25) is 4.79 Å². The molecule has 0 bridgehead atoms. The molecule has 0 unspecified atom stereocenters. The van der Waals surface area contributed by atoms with Crippen LogP contribution in [0.25, 0.3) is 10.9 Å². The minimum atomic E-state index is -2.35. The van der Waals surface area contributed by atoms with Gasteiger partial charge >= 0.3 is 0 Å². The average molecular weight is 447 g/mol. The highest BCUT2D eigenvalue weighted by Crippen LogP contribution is 2.34. The zero-order chi connectivity index (χ0) is 22.8. The summed E-state index contributed by atoms with van der Waals surface area (Å²) in [5.74, 6) is -1.11. The number of rotatable bonds is 7. The van der Waals surface area contributed by atoms with Crippen LogP contribution in [0.3, 0.4) is 0 Å². The zero-order valence-corrected chi connectivity index (χ0v) is 17.9. The number of aryl methyl sites for hydroxylation is 1. The normalized spacial score (nSPS) is 12.4. The summed E-state index contributed by atoms with van der Waals surface area (Å²) < 4.78 is 35.4. The number of carbonyl (C=O) groups excluding carboxylic acids is 1. The molecular weight excluding hydrogens is 425 g/mol. The van der Waals surface area contributed by atoms with Crippen molar-refractivity contribution in [3.8, 4) is 5.75 Å². The van der Waals surface area contributed by atoms with Crippen LogP contribution >= 0.6 is 0 Å². The van der Waals surface area contributed by atoms with Crippen molar-refractivity contribution in [2.75, 3.05) is 24.4 Å². The van der Waals surface area contributed by atoms with Crippen LogP contribution in [0, 0.1) is 12.7 Å². The molecular formula is C20H22FN5O4S. The van der Waals surface area contributed by atoms with Crippen LogP contribution in [-0.2, 0) is 14.5 Å². The van der Waals surface area contributed by atoms with E-state index in [1.54, 1.807) is 24.6 Å². The smallest absolute Gasteiger partial charge is 0.260 e. The fourth-order valence-corrected chi connectivity index (χ4v) is 3.55. The SMILES string of the molecule is Cc1cc(N=S(C)(C)=O)cc2ncnc(Nc3ccc(F)cc3O[C@H](CO)C(N)=O)c12. The summed E-state index contributed by atoms with van der Waals surface area (Å²) in [6.45, 7) is 1.17. The fourth-order valence-electron chi connectivity index (χ4n) is 2.94. The first kappa shape index (κ1) is 22.4. The minimum absolute atomic E-state index is 0.0226. The van der Waals surface area contributed by atoms with Gasteiger partial charge in [-0.15, -0.1) is 0 Å².